The summed E-state index contributed by atoms with van der Waals surface area (Å²) in [6, 6.07) is 5.40. The van der Waals surface area contributed by atoms with Gasteiger partial charge in [0.1, 0.15) is 0 Å². The molecule has 1 saturated heterocycles. The van der Waals surface area contributed by atoms with E-state index in [2.05, 4.69) is 35.1 Å². The Morgan fingerprint density at radius 3 is 2.76 bits per heavy atom. The molecule has 2 heteroatoms. The number of hydrogen-bond acceptors (Lipinski definition) is 1. The average Bonchev–Trinajstić information content (AvgIpc) is 2.59. The van der Waals surface area contributed by atoms with Crippen LogP contribution >= 0.6 is 0 Å². The first kappa shape index (κ1) is 9.72. The summed E-state index contributed by atoms with van der Waals surface area (Å²) < 4.78 is 0. The first-order valence-corrected chi connectivity index (χ1v) is 6.65. The third-order valence-corrected chi connectivity index (χ3v) is 4.41. The molecule has 0 amide bonds. The quantitative estimate of drug-likeness (QED) is 0.792. The van der Waals surface area contributed by atoms with Crippen LogP contribution in [0, 0.1) is 6.92 Å². The third kappa shape index (κ3) is 1.37. The van der Waals surface area contributed by atoms with Crippen LogP contribution in [-0.2, 0) is 12.8 Å². The minimum atomic E-state index is 0.747. The van der Waals surface area contributed by atoms with E-state index in [4.69, 9.17) is 0 Å². The van der Waals surface area contributed by atoms with Gasteiger partial charge in [-0.15, -0.1) is 0 Å². The van der Waals surface area contributed by atoms with Gasteiger partial charge in [0.05, 0.1) is 0 Å². The molecule has 2 nitrogen and oxygen atoms in total. The second kappa shape index (κ2) is 3.36. The molecule has 1 unspecified atom stereocenters. The van der Waals surface area contributed by atoms with Crippen molar-refractivity contribution in [2.75, 3.05) is 13.1 Å². The lowest BCUT2D eigenvalue weighted by Crippen LogP contribution is -2.47. The smallest absolute Gasteiger partial charge is 0.0462 e. The summed E-state index contributed by atoms with van der Waals surface area (Å²) in [6.45, 7) is 4.81. The maximum absolute atomic E-state index is 3.44. The minimum Gasteiger partial charge on any atom is -0.361 e. The number of rotatable bonds is 1. The first-order valence-electron chi connectivity index (χ1n) is 6.65. The van der Waals surface area contributed by atoms with E-state index >= 15 is 0 Å². The second-order valence-corrected chi connectivity index (χ2v) is 5.61. The lowest BCUT2D eigenvalue weighted by Gasteiger charge is -2.40. The van der Waals surface area contributed by atoms with Crippen LogP contribution in [0.1, 0.15) is 23.1 Å². The fraction of sp³-hybridized carbons (Fsp3) is 0.467. The van der Waals surface area contributed by atoms with Gasteiger partial charge in [0, 0.05) is 23.1 Å². The number of aromatic nitrogens is 1. The number of aromatic amines is 1. The predicted molar refractivity (Wildman–Crippen MR) is 70.4 cm³/mol. The van der Waals surface area contributed by atoms with E-state index in [1.807, 2.05) is 0 Å². The van der Waals surface area contributed by atoms with E-state index in [1.54, 1.807) is 5.56 Å². The average molecular weight is 226 g/mol. The number of likely N-dealkylation sites (tertiary alicyclic amines) is 1. The SMILES string of the molecule is Cc1cc2c3c(c[nH]c3c1)CC(N1CCC1)C2. The van der Waals surface area contributed by atoms with Crippen LogP contribution in [-0.4, -0.2) is 29.0 Å². The van der Waals surface area contributed by atoms with Gasteiger partial charge >= 0.3 is 0 Å². The molecule has 0 saturated carbocycles. The molecule has 1 aliphatic heterocycles. The standard InChI is InChI=1S/C15H18N2/c1-10-5-11-7-13(17-3-2-4-17)8-12-9-16-14(6-10)15(11)12/h5-6,9,13,16H,2-4,7-8H2,1H3. The van der Waals surface area contributed by atoms with Crippen LogP contribution < -0.4 is 0 Å². The van der Waals surface area contributed by atoms with Gasteiger partial charge in [-0.1, -0.05) is 6.07 Å². The summed E-state index contributed by atoms with van der Waals surface area (Å²) >= 11 is 0. The Morgan fingerprint density at radius 2 is 2.00 bits per heavy atom. The number of aryl methyl sites for hydroxylation is 1. The van der Waals surface area contributed by atoms with Crippen molar-refractivity contribution in [3.63, 3.8) is 0 Å². The molecule has 1 aliphatic carbocycles. The van der Waals surface area contributed by atoms with Gasteiger partial charge in [0.25, 0.3) is 0 Å². The van der Waals surface area contributed by atoms with Gasteiger partial charge in [-0.25, -0.2) is 0 Å². The van der Waals surface area contributed by atoms with E-state index in [-0.39, 0.29) is 0 Å². The van der Waals surface area contributed by atoms with Crippen LogP contribution in [0.25, 0.3) is 10.9 Å². The summed E-state index contributed by atoms with van der Waals surface area (Å²) in [5, 5.41) is 1.51. The molecular weight excluding hydrogens is 208 g/mol. The zero-order valence-electron chi connectivity index (χ0n) is 10.3. The highest BCUT2D eigenvalue weighted by Crippen LogP contribution is 2.33. The van der Waals surface area contributed by atoms with Gasteiger partial charge in [0.15, 0.2) is 0 Å². The zero-order chi connectivity index (χ0) is 11.4. The van der Waals surface area contributed by atoms with Gasteiger partial charge in [-0.3, -0.25) is 4.90 Å². The van der Waals surface area contributed by atoms with Crippen molar-refractivity contribution < 1.29 is 0 Å². The van der Waals surface area contributed by atoms with E-state index in [0.29, 0.717) is 0 Å². The third-order valence-electron chi connectivity index (χ3n) is 4.41. The molecule has 0 spiro atoms. The minimum absolute atomic E-state index is 0.747. The highest BCUT2D eigenvalue weighted by molar-refractivity contribution is 5.88. The Balaban J connectivity index is 1.82. The predicted octanol–water partition coefficient (Wildman–Crippen LogP) is 2.65. The van der Waals surface area contributed by atoms with Crippen molar-refractivity contribution in [1.82, 2.24) is 9.88 Å². The van der Waals surface area contributed by atoms with Gasteiger partial charge in [-0.05, 0) is 62.0 Å². The Hall–Kier alpha value is -1.28. The van der Waals surface area contributed by atoms with Crippen LogP contribution in [0.2, 0.25) is 0 Å². The number of nitrogens with zero attached hydrogens (tertiary/aromatic N) is 1. The number of nitrogens with one attached hydrogen (secondary N) is 1. The molecule has 1 aromatic heterocycles. The molecule has 1 atom stereocenters. The van der Waals surface area contributed by atoms with Crippen molar-refractivity contribution in [1.29, 1.82) is 0 Å². The lowest BCUT2D eigenvalue weighted by molar-refractivity contribution is 0.116. The van der Waals surface area contributed by atoms with Gasteiger partial charge in [0.2, 0.25) is 0 Å². The molecule has 1 aromatic carbocycles. The Labute approximate surface area is 102 Å². The van der Waals surface area contributed by atoms with Crippen LogP contribution in [0.3, 0.4) is 0 Å². The van der Waals surface area contributed by atoms with Gasteiger partial charge in [-0.2, -0.15) is 0 Å². The topological polar surface area (TPSA) is 19.0 Å². The van der Waals surface area contributed by atoms with Crippen molar-refractivity contribution in [2.45, 2.75) is 32.2 Å². The summed E-state index contributed by atoms with van der Waals surface area (Å²) in [6.07, 6.45) is 6.08. The van der Waals surface area contributed by atoms with E-state index in [0.717, 1.165) is 6.04 Å². The normalized spacial score (nSPS) is 23.9. The monoisotopic (exact) mass is 226 g/mol. The lowest BCUT2D eigenvalue weighted by atomic mass is 9.86. The molecule has 88 valence electrons. The Bertz CT molecular complexity index is 578. The van der Waals surface area contributed by atoms with Crippen molar-refractivity contribution in [3.05, 3.63) is 35.0 Å². The maximum atomic E-state index is 3.44. The number of benzene rings is 1. The summed E-state index contributed by atoms with van der Waals surface area (Å²) in [5.74, 6) is 0. The van der Waals surface area contributed by atoms with Crippen molar-refractivity contribution >= 4 is 10.9 Å². The van der Waals surface area contributed by atoms with Crippen LogP contribution in [0.15, 0.2) is 18.3 Å². The summed E-state index contributed by atoms with van der Waals surface area (Å²) in [7, 11) is 0. The molecule has 2 aromatic rings. The molecule has 2 heterocycles. The molecule has 1 N–H and O–H groups in total. The first-order chi connectivity index (χ1) is 8.31. The fourth-order valence-corrected chi connectivity index (χ4v) is 3.46. The van der Waals surface area contributed by atoms with E-state index in [1.165, 1.54) is 54.4 Å². The van der Waals surface area contributed by atoms with Crippen LogP contribution in [0.5, 0.6) is 0 Å². The Kier molecular flexibility index (Phi) is 1.92. The largest absolute Gasteiger partial charge is 0.361 e. The molecule has 4 rings (SSSR count). The molecular formula is C15H18N2. The highest BCUT2D eigenvalue weighted by Gasteiger charge is 2.29. The maximum Gasteiger partial charge on any atom is 0.0462 e. The zero-order valence-corrected chi connectivity index (χ0v) is 10.3. The van der Waals surface area contributed by atoms with Gasteiger partial charge < -0.3 is 4.98 Å². The molecule has 0 radical (unpaired) electrons. The molecule has 2 aliphatic rings. The van der Waals surface area contributed by atoms with Crippen LogP contribution in [0.4, 0.5) is 0 Å². The number of hydrogen-bond donors (Lipinski definition) is 1. The van der Waals surface area contributed by atoms with Crippen molar-refractivity contribution in [3.8, 4) is 0 Å². The molecule has 0 bridgehead atoms. The molecule has 17 heavy (non-hydrogen) atoms. The summed E-state index contributed by atoms with van der Waals surface area (Å²) in [5.41, 5.74) is 5.79. The fourth-order valence-electron chi connectivity index (χ4n) is 3.46. The summed E-state index contributed by atoms with van der Waals surface area (Å²) in [4.78, 5) is 6.08. The Morgan fingerprint density at radius 1 is 1.18 bits per heavy atom. The highest BCUT2D eigenvalue weighted by atomic mass is 15.2. The second-order valence-electron chi connectivity index (χ2n) is 5.61. The van der Waals surface area contributed by atoms with Crippen molar-refractivity contribution in [2.24, 2.45) is 0 Å². The molecule has 1 fully saturated rings. The van der Waals surface area contributed by atoms with E-state index < -0.39 is 0 Å². The van der Waals surface area contributed by atoms with E-state index in [9.17, 15) is 0 Å². The number of H-pyrrole nitrogens is 1.